The summed E-state index contributed by atoms with van der Waals surface area (Å²) in [5.74, 6) is -4.69. The number of rotatable bonds is 4. The second-order valence-corrected chi connectivity index (χ2v) is 4.23. The van der Waals surface area contributed by atoms with Crippen LogP contribution in [0.25, 0.3) is 0 Å². The van der Waals surface area contributed by atoms with Crippen molar-refractivity contribution in [2.24, 2.45) is 0 Å². The molecule has 110 valence electrons. The number of halogens is 2. The summed E-state index contributed by atoms with van der Waals surface area (Å²) in [6.45, 7) is 1.63. The minimum absolute atomic E-state index is 0.0578. The summed E-state index contributed by atoms with van der Waals surface area (Å²) in [6, 6.07) is 2.58. The first kappa shape index (κ1) is 14.6. The van der Waals surface area contributed by atoms with Crippen LogP contribution in [0.3, 0.4) is 0 Å². The fourth-order valence-electron chi connectivity index (χ4n) is 1.67. The number of amides is 1. The van der Waals surface area contributed by atoms with Crippen molar-refractivity contribution < 1.29 is 28.0 Å². The zero-order chi connectivity index (χ0) is 15.6. The van der Waals surface area contributed by atoms with Gasteiger partial charge in [-0.3, -0.25) is 4.79 Å². The maximum absolute atomic E-state index is 13.2. The first-order chi connectivity index (χ1) is 9.88. The van der Waals surface area contributed by atoms with Gasteiger partial charge in [-0.1, -0.05) is 5.16 Å². The van der Waals surface area contributed by atoms with Crippen LogP contribution in [0.15, 0.2) is 22.7 Å². The smallest absolute Gasteiger partial charge is 0.336 e. The summed E-state index contributed by atoms with van der Waals surface area (Å²) in [5.41, 5.74) is -0.490. The van der Waals surface area contributed by atoms with E-state index in [1.165, 1.54) is 0 Å². The lowest BCUT2D eigenvalue weighted by Gasteiger charge is -2.07. The van der Waals surface area contributed by atoms with E-state index in [2.05, 4.69) is 10.5 Å². The van der Waals surface area contributed by atoms with Gasteiger partial charge in [0.15, 0.2) is 17.4 Å². The maximum atomic E-state index is 13.2. The van der Waals surface area contributed by atoms with Crippen molar-refractivity contribution in [3.05, 3.63) is 52.4 Å². The van der Waals surface area contributed by atoms with E-state index in [-0.39, 0.29) is 6.54 Å². The maximum Gasteiger partial charge on any atom is 0.336 e. The normalized spacial score (nSPS) is 10.4. The average Bonchev–Trinajstić information content (AvgIpc) is 2.84. The number of carboxylic acid groups (broad SMARTS) is 1. The van der Waals surface area contributed by atoms with Crippen LogP contribution in [0, 0.1) is 18.6 Å². The molecule has 0 unspecified atom stereocenters. The molecule has 1 aromatic carbocycles. The highest BCUT2D eigenvalue weighted by Crippen LogP contribution is 2.15. The second kappa shape index (κ2) is 5.70. The lowest BCUT2D eigenvalue weighted by Crippen LogP contribution is -2.25. The topological polar surface area (TPSA) is 92.4 Å². The Morgan fingerprint density at radius 3 is 2.38 bits per heavy atom. The third kappa shape index (κ3) is 3.22. The molecule has 0 aliphatic heterocycles. The quantitative estimate of drug-likeness (QED) is 0.898. The largest absolute Gasteiger partial charge is 0.478 e. The minimum Gasteiger partial charge on any atom is -0.478 e. The van der Waals surface area contributed by atoms with Crippen LogP contribution in [0.5, 0.6) is 0 Å². The van der Waals surface area contributed by atoms with Crippen molar-refractivity contribution in [1.82, 2.24) is 10.5 Å². The van der Waals surface area contributed by atoms with Crippen molar-refractivity contribution in [2.75, 3.05) is 0 Å². The van der Waals surface area contributed by atoms with Gasteiger partial charge in [0, 0.05) is 6.07 Å². The Bertz CT molecular complexity index is 712. The Morgan fingerprint density at radius 1 is 1.24 bits per heavy atom. The third-order valence-electron chi connectivity index (χ3n) is 2.64. The summed E-state index contributed by atoms with van der Waals surface area (Å²) >= 11 is 0. The zero-order valence-electron chi connectivity index (χ0n) is 10.8. The number of aromatic carboxylic acids is 1. The van der Waals surface area contributed by atoms with E-state index in [0.717, 1.165) is 0 Å². The predicted molar refractivity (Wildman–Crippen MR) is 65.7 cm³/mol. The number of carboxylic acids is 1. The molecule has 1 amide bonds. The van der Waals surface area contributed by atoms with Gasteiger partial charge in [0.2, 0.25) is 0 Å². The molecule has 1 heterocycles. The third-order valence-corrected chi connectivity index (χ3v) is 2.64. The van der Waals surface area contributed by atoms with Crippen LogP contribution in [0.2, 0.25) is 0 Å². The highest BCUT2D eigenvalue weighted by molar-refractivity contribution is 6.04. The number of nitrogens with one attached hydrogen (secondary N) is 1. The van der Waals surface area contributed by atoms with Crippen LogP contribution >= 0.6 is 0 Å². The number of nitrogens with zero attached hydrogens (tertiary/aromatic N) is 1. The zero-order valence-corrected chi connectivity index (χ0v) is 10.8. The molecule has 2 rings (SSSR count). The number of hydrogen-bond donors (Lipinski definition) is 2. The Hall–Kier alpha value is -2.77. The number of hydrogen-bond acceptors (Lipinski definition) is 4. The number of aryl methyl sites for hydroxylation is 1. The molecule has 0 fully saturated rings. The first-order valence-electron chi connectivity index (χ1n) is 5.81. The van der Waals surface area contributed by atoms with Crippen LogP contribution < -0.4 is 5.32 Å². The first-order valence-corrected chi connectivity index (χ1v) is 5.81. The van der Waals surface area contributed by atoms with E-state index in [0.29, 0.717) is 23.6 Å². The van der Waals surface area contributed by atoms with Crippen molar-refractivity contribution in [3.8, 4) is 0 Å². The van der Waals surface area contributed by atoms with Gasteiger partial charge in [-0.25, -0.2) is 13.6 Å². The molecule has 0 aliphatic rings. The summed E-state index contributed by atoms with van der Waals surface area (Å²) in [4.78, 5) is 22.9. The Morgan fingerprint density at radius 2 is 1.86 bits per heavy atom. The van der Waals surface area contributed by atoms with Crippen molar-refractivity contribution in [2.45, 2.75) is 13.5 Å². The van der Waals surface area contributed by atoms with E-state index in [1.807, 2.05) is 0 Å². The minimum atomic E-state index is -1.53. The molecular formula is C13H10F2N2O4. The Balaban J connectivity index is 2.22. The van der Waals surface area contributed by atoms with Gasteiger partial charge in [0.1, 0.15) is 0 Å². The predicted octanol–water partition coefficient (Wildman–Crippen LogP) is 1.89. The molecule has 0 spiro atoms. The summed E-state index contributed by atoms with van der Waals surface area (Å²) < 4.78 is 31.1. The SMILES string of the molecule is Cc1cc(CNC(=O)c2cc(F)c(F)cc2C(=O)O)on1. The Labute approximate surface area is 117 Å². The molecule has 21 heavy (non-hydrogen) atoms. The van der Waals surface area contributed by atoms with Gasteiger partial charge in [0.05, 0.1) is 23.4 Å². The van der Waals surface area contributed by atoms with Gasteiger partial charge in [-0.05, 0) is 19.1 Å². The van der Waals surface area contributed by atoms with E-state index in [4.69, 9.17) is 9.63 Å². The molecule has 0 radical (unpaired) electrons. The fraction of sp³-hybridized carbons (Fsp3) is 0.154. The van der Waals surface area contributed by atoms with Crippen molar-refractivity contribution in [3.63, 3.8) is 0 Å². The molecule has 8 heteroatoms. The number of benzene rings is 1. The van der Waals surface area contributed by atoms with E-state index < -0.39 is 34.6 Å². The van der Waals surface area contributed by atoms with Crippen LogP contribution in [0.4, 0.5) is 8.78 Å². The average molecular weight is 296 g/mol. The summed E-state index contributed by atoms with van der Waals surface area (Å²) in [5, 5.41) is 14.9. The molecule has 0 saturated heterocycles. The summed E-state index contributed by atoms with van der Waals surface area (Å²) in [7, 11) is 0. The number of carbonyl (C=O) groups excluding carboxylic acids is 1. The van der Waals surface area contributed by atoms with Crippen molar-refractivity contribution >= 4 is 11.9 Å². The van der Waals surface area contributed by atoms with E-state index >= 15 is 0 Å². The van der Waals surface area contributed by atoms with Gasteiger partial charge in [-0.2, -0.15) is 0 Å². The van der Waals surface area contributed by atoms with Gasteiger partial charge < -0.3 is 14.9 Å². The molecular weight excluding hydrogens is 286 g/mol. The van der Waals surface area contributed by atoms with Crippen LogP contribution in [-0.2, 0) is 6.54 Å². The number of aromatic nitrogens is 1. The van der Waals surface area contributed by atoms with E-state index in [9.17, 15) is 18.4 Å². The lowest BCUT2D eigenvalue weighted by molar-refractivity contribution is 0.0690. The van der Waals surface area contributed by atoms with E-state index in [1.54, 1.807) is 13.0 Å². The molecule has 0 atom stereocenters. The molecule has 0 saturated carbocycles. The van der Waals surface area contributed by atoms with Crippen molar-refractivity contribution in [1.29, 1.82) is 0 Å². The molecule has 0 bridgehead atoms. The van der Waals surface area contributed by atoms with Gasteiger partial charge in [0.25, 0.3) is 5.91 Å². The number of carbonyl (C=O) groups is 2. The van der Waals surface area contributed by atoms with Gasteiger partial charge in [-0.15, -0.1) is 0 Å². The standard InChI is InChI=1S/C13H10F2N2O4/c1-6-2-7(21-17-6)5-16-12(18)8-3-10(14)11(15)4-9(8)13(19)20/h2-4H,5H2,1H3,(H,16,18)(H,19,20). The summed E-state index contributed by atoms with van der Waals surface area (Å²) in [6.07, 6.45) is 0. The fourth-order valence-corrected chi connectivity index (χ4v) is 1.67. The van der Waals surface area contributed by atoms with Gasteiger partial charge >= 0.3 is 5.97 Å². The highest BCUT2D eigenvalue weighted by atomic mass is 19.2. The monoisotopic (exact) mass is 296 g/mol. The molecule has 0 aliphatic carbocycles. The molecule has 6 nitrogen and oxygen atoms in total. The highest BCUT2D eigenvalue weighted by Gasteiger charge is 2.20. The molecule has 2 N–H and O–H groups in total. The van der Waals surface area contributed by atoms with Crippen LogP contribution in [0.1, 0.15) is 32.2 Å². The van der Waals surface area contributed by atoms with Crippen LogP contribution in [-0.4, -0.2) is 22.1 Å². The Kier molecular flexibility index (Phi) is 3.97. The molecule has 1 aromatic heterocycles. The second-order valence-electron chi connectivity index (χ2n) is 4.23. The lowest BCUT2D eigenvalue weighted by atomic mass is 10.1. The molecule has 2 aromatic rings.